The molecule has 0 saturated carbocycles. The molecule has 0 bridgehead atoms. The van der Waals surface area contributed by atoms with Crippen molar-refractivity contribution < 1.29 is 0 Å². The summed E-state index contributed by atoms with van der Waals surface area (Å²) < 4.78 is 0. The fourth-order valence-electron chi connectivity index (χ4n) is 0. The number of hydrogen-bond donors (Lipinski definition) is 0. The molecule has 0 rings (SSSR count). The summed E-state index contributed by atoms with van der Waals surface area (Å²) in [6, 6.07) is 0. The molecule has 1 heteroatoms. The van der Waals surface area contributed by atoms with Gasteiger partial charge in [-0.1, -0.05) is 0 Å². The van der Waals surface area contributed by atoms with Crippen LogP contribution in [0.2, 0.25) is 0 Å². The highest BCUT2D eigenvalue weighted by Gasteiger charge is 1.48. The summed E-state index contributed by atoms with van der Waals surface area (Å²) in [6.45, 7) is 98.8. The van der Waals surface area contributed by atoms with Crippen LogP contribution in [-0.4, -0.2) is 12.5 Å². The van der Waals surface area contributed by atoms with Gasteiger partial charge in [-0.15, -0.1) is 105 Å². The van der Waals surface area contributed by atoms with Gasteiger partial charge in [-0.2, -0.15) is 0 Å². The van der Waals surface area contributed by atoms with Crippen LogP contribution in [0, 0.1) is 104 Å². The molecule has 1 atom stereocenters. The Kier molecular flexibility index (Phi) is 3330. The molecule has 0 aliphatic carbocycles. The third-order valence-electron chi connectivity index (χ3n) is 0.177. The molecule has 246 valence electrons. The Morgan fingerprint density at radius 1 is 0.293 bits per heavy atom. The quantitative estimate of drug-likeness (QED) is 0.161. The lowest BCUT2D eigenvalue weighted by atomic mass is 10.6. The van der Waals surface area contributed by atoms with Crippen LogP contribution >= 0.6 is 8.20 Å². The molecule has 0 fully saturated rings. The Morgan fingerprint density at radius 3 is 0.317 bits per heavy atom. The highest BCUT2D eigenvalue weighted by molar-refractivity contribution is 7.36. The first-order chi connectivity index (χ1) is 19.8. The Hall–Kier alpha value is -2.82. The standard InChI is InChI=1S/C3H6P.7C3H6.8C2H4/c1-3-4-2;7*1-3-2;8*1-2/h1-3H2;7*1-3H2;8*1-2H2/q-1;;;;;;;;;;;;;;;/p+1. The van der Waals surface area contributed by atoms with Crippen molar-refractivity contribution in [2.75, 3.05) is 6.16 Å². The summed E-state index contributed by atoms with van der Waals surface area (Å²) in [5, 5.41) is 0. The van der Waals surface area contributed by atoms with Crippen LogP contribution in [0.3, 0.4) is 0 Å². The van der Waals surface area contributed by atoms with Crippen molar-refractivity contribution in [1.29, 1.82) is 0 Å². The zero-order valence-electron chi connectivity index (χ0n) is 28.8. The lowest BCUT2D eigenvalue weighted by Gasteiger charge is -1.57. The molecular weight excluding hydrogens is 511 g/mol. The summed E-state index contributed by atoms with van der Waals surface area (Å²) in [4.78, 5) is 0. The van der Waals surface area contributed by atoms with Crippen molar-refractivity contribution in [1.82, 2.24) is 0 Å². The van der Waals surface area contributed by atoms with Gasteiger partial charge in [0.15, 0.2) is 0 Å². The first kappa shape index (κ1) is 107. The van der Waals surface area contributed by atoms with Crippen LogP contribution < -0.4 is 0 Å². The lowest BCUT2D eigenvalue weighted by molar-refractivity contribution is 1.41. The molecule has 0 heterocycles. The molecule has 41 heavy (non-hydrogen) atoms. The molecule has 0 N–H and O–H groups in total. The van der Waals surface area contributed by atoms with E-state index < -0.39 is 0 Å². The summed E-state index contributed by atoms with van der Waals surface area (Å²) in [6.07, 6.45) is 9.81. The van der Waals surface area contributed by atoms with Crippen molar-refractivity contribution in [3.63, 3.8) is 0 Å². The highest BCUT2D eigenvalue weighted by atomic mass is 31.1. The van der Waals surface area contributed by atoms with E-state index in [1.165, 1.54) is 0 Å². The molecule has 1 unspecified atom stereocenters. The number of hydrogen-bond acceptors (Lipinski definition) is 0. The summed E-state index contributed by atoms with van der Waals surface area (Å²) >= 11 is 0. The second-order valence-corrected chi connectivity index (χ2v) is 3.97. The summed E-state index contributed by atoms with van der Waals surface area (Å²) in [5.41, 5.74) is 0. The highest BCUT2D eigenvalue weighted by Crippen LogP contribution is 1.80. The largest absolute Gasteiger partial charge is 0.300 e. The van der Waals surface area contributed by atoms with Gasteiger partial charge >= 0.3 is 0 Å². The van der Waals surface area contributed by atoms with Gasteiger partial charge in [0.2, 0.25) is 0 Å². The second kappa shape index (κ2) is 1270. The Balaban J connectivity index is -0.0000000117. The zero-order valence-corrected chi connectivity index (χ0v) is 29.8. The predicted molar refractivity (Wildman–Crippen MR) is 223 cm³/mol. The van der Waals surface area contributed by atoms with Gasteiger partial charge < -0.3 is 0 Å². The van der Waals surface area contributed by atoms with Crippen LogP contribution in [-0.2, 0) is 0 Å². The van der Waals surface area contributed by atoms with Gasteiger partial charge in [0.1, 0.15) is 0 Å². The Morgan fingerprint density at radius 2 is 0.317 bits per heavy atom. The molecule has 0 amide bonds. The molecule has 0 radical (unpaired) electrons. The van der Waals surface area contributed by atoms with E-state index in [1.54, 1.807) is 0 Å². The normalized spacial score (nSPS) is 4.49. The second-order valence-electron chi connectivity index (χ2n) is 2.97. The average Bonchev–Trinajstić information content (AvgIpc) is 3.04. The van der Waals surface area contributed by atoms with Crippen LogP contribution in [0.5, 0.6) is 0 Å². The monoisotopic (exact) mass is 593 g/mol. The maximum atomic E-state index is 3.57. The van der Waals surface area contributed by atoms with E-state index in [2.05, 4.69) is 215 Å². The van der Waals surface area contributed by atoms with Gasteiger partial charge in [-0.25, -0.2) is 0 Å². The Labute approximate surface area is 274 Å². The van der Waals surface area contributed by atoms with Gasteiger partial charge in [0, 0.05) is 56.7 Å². The van der Waals surface area contributed by atoms with Crippen LogP contribution in [0.4, 0.5) is 0 Å². The fraction of sp³-hybridized carbons (Fsp3) is 0.200. The minimum absolute atomic E-state index is 0.750. The molecule has 0 aromatic rings. The molecule has 0 saturated heterocycles. The van der Waals surface area contributed by atoms with E-state index in [1.807, 2.05) is 0 Å². The average molecular weight is 593 g/mol. The maximum Gasteiger partial charge on any atom is 0.0670 e. The van der Waals surface area contributed by atoms with Crippen LogP contribution in [0.25, 0.3) is 0 Å². The van der Waals surface area contributed by atoms with E-state index in [-0.39, 0.29) is 0 Å². The van der Waals surface area contributed by atoms with Gasteiger partial charge in [-0.05, 0) is 51.1 Å². The maximum absolute atomic E-state index is 3.57. The topological polar surface area (TPSA) is 0 Å². The first-order valence-corrected chi connectivity index (χ1v) is 13.6. The molecular formula is C40H81P. The summed E-state index contributed by atoms with van der Waals surface area (Å²) in [7, 11) is 0.779. The van der Waals surface area contributed by atoms with Crippen molar-refractivity contribution in [3.8, 4) is 0 Å². The van der Waals surface area contributed by atoms with E-state index in [4.69, 9.17) is 0 Å². The van der Waals surface area contributed by atoms with Gasteiger partial charge in [-0.3, -0.25) is 55.4 Å². The van der Waals surface area contributed by atoms with Crippen molar-refractivity contribution in [2.45, 2.75) is 44.9 Å². The van der Waals surface area contributed by atoms with E-state index in [9.17, 15) is 0 Å². The van der Waals surface area contributed by atoms with Crippen molar-refractivity contribution >= 4 is 14.5 Å². The third-order valence-corrected chi connectivity index (χ3v) is 0.530. The minimum Gasteiger partial charge on any atom is -0.300 e. The summed E-state index contributed by atoms with van der Waals surface area (Å²) in [5.74, 6) is 0. The van der Waals surface area contributed by atoms with E-state index in [0.29, 0.717) is 0 Å². The molecule has 0 aliphatic rings. The van der Waals surface area contributed by atoms with E-state index >= 15 is 0 Å². The van der Waals surface area contributed by atoms with Gasteiger partial charge in [0.05, 0.1) is 6.30 Å². The first-order valence-electron chi connectivity index (χ1n) is 12.2. The third kappa shape index (κ3) is 13900. The van der Waals surface area contributed by atoms with Crippen LogP contribution in [0.15, 0.2) is 105 Å². The van der Waals surface area contributed by atoms with Crippen molar-refractivity contribution in [2.24, 2.45) is 0 Å². The number of rotatable bonds is 1. The SMILES string of the molecule is C=C.C=C.C=C.C=C.C=C.C=C.C=C.C=C.C=[PH+]C[CH2-].[CH2+]C[CH2-].[CH2+]C[CH2-].[CH2+]C[CH2-].[CH2+]C[CH2-].[CH2+]C[CH2-].[CH2+]C[CH2-].[CH2+]C[CH2-]. The van der Waals surface area contributed by atoms with E-state index in [0.717, 1.165) is 59.3 Å². The molecule has 0 nitrogen and oxygen atoms in total. The van der Waals surface area contributed by atoms with Crippen LogP contribution in [0.1, 0.15) is 44.9 Å². The minimum atomic E-state index is 0.750. The molecule has 0 aliphatic heterocycles. The van der Waals surface area contributed by atoms with Crippen molar-refractivity contribution in [3.05, 3.63) is 209 Å². The predicted octanol–water partition coefficient (Wildman–Crippen LogP) is 14.7. The Bertz CT molecular complexity index is 123. The lowest BCUT2D eigenvalue weighted by Crippen LogP contribution is -1.42. The molecule has 0 aromatic heterocycles. The molecule has 0 spiro atoms. The van der Waals surface area contributed by atoms with Gasteiger partial charge in [0.25, 0.3) is 0 Å². The zero-order chi connectivity index (χ0) is 38.4. The molecule has 0 aromatic carbocycles. The fourth-order valence-corrected chi connectivity index (χ4v) is 0. The smallest absolute Gasteiger partial charge is 0.0670 e.